The third-order valence-corrected chi connectivity index (χ3v) is 4.36. The van der Waals surface area contributed by atoms with Gasteiger partial charge in [-0.2, -0.15) is 5.10 Å². The van der Waals surface area contributed by atoms with Crippen LogP contribution in [0.4, 0.5) is 5.69 Å². The second kappa shape index (κ2) is 10.7. The molecule has 6 heteroatoms. The molecule has 3 rings (SSSR count). The SMILES string of the molecule is COc1ccccc1NCC(=O)N/N=C\c1ccc(OCc2ccc(C)cc2)cc1. The lowest BCUT2D eigenvalue weighted by atomic mass is 10.2. The first-order valence-electron chi connectivity index (χ1n) is 9.61. The average molecular weight is 403 g/mol. The van der Waals surface area contributed by atoms with Gasteiger partial charge in [0.2, 0.25) is 0 Å². The standard InChI is InChI=1S/C24H25N3O3/c1-18-7-9-20(10-8-18)17-30-21-13-11-19(12-14-21)15-26-27-24(28)16-25-22-5-3-4-6-23(22)29-2/h3-15,25H,16-17H2,1-2H3,(H,27,28)/b26-15-. The van der Waals surface area contributed by atoms with E-state index in [0.717, 1.165) is 22.6 Å². The van der Waals surface area contributed by atoms with E-state index < -0.39 is 0 Å². The summed E-state index contributed by atoms with van der Waals surface area (Å²) in [5, 5.41) is 7.01. The number of methoxy groups -OCH3 is 1. The number of nitrogens with zero attached hydrogens (tertiary/aromatic N) is 1. The van der Waals surface area contributed by atoms with Crippen molar-refractivity contribution in [2.24, 2.45) is 5.10 Å². The Hall–Kier alpha value is -3.80. The average Bonchev–Trinajstić information content (AvgIpc) is 2.78. The minimum atomic E-state index is -0.254. The number of hydrogen-bond acceptors (Lipinski definition) is 5. The van der Waals surface area contributed by atoms with Gasteiger partial charge < -0.3 is 14.8 Å². The molecule has 0 bridgehead atoms. The van der Waals surface area contributed by atoms with Gasteiger partial charge in [0, 0.05) is 0 Å². The minimum Gasteiger partial charge on any atom is -0.495 e. The van der Waals surface area contributed by atoms with Gasteiger partial charge in [0.05, 0.1) is 25.6 Å². The van der Waals surface area contributed by atoms with Crippen molar-refractivity contribution in [1.29, 1.82) is 0 Å². The van der Waals surface area contributed by atoms with Crippen LogP contribution < -0.4 is 20.2 Å². The number of aryl methyl sites for hydroxylation is 1. The number of amides is 1. The fourth-order valence-electron chi connectivity index (χ4n) is 2.69. The Balaban J connectivity index is 1.43. The van der Waals surface area contributed by atoms with E-state index in [9.17, 15) is 4.79 Å². The molecule has 0 unspecified atom stereocenters. The molecule has 1 amide bonds. The van der Waals surface area contributed by atoms with E-state index in [1.54, 1.807) is 13.3 Å². The molecule has 0 aliphatic heterocycles. The first kappa shape index (κ1) is 20.9. The Labute approximate surface area is 176 Å². The van der Waals surface area contributed by atoms with E-state index >= 15 is 0 Å². The second-order valence-corrected chi connectivity index (χ2v) is 6.69. The third kappa shape index (κ3) is 6.38. The number of ether oxygens (including phenoxy) is 2. The van der Waals surface area contributed by atoms with Gasteiger partial charge in [-0.05, 0) is 54.4 Å². The third-order valence-electron chi connectivity index (χ3n) is 4.36. The quantitative estimate of drug-likeness (QED) is 0.416. The van der Waals surface area contributed by atoms with Crippen LogP contribution in [0.15, 0.2) is 77.9 Å². The van der Waals surface area contributed by atoms with Crippen molar-refractivity contribution in [3.05, 3.63) is 89.5 Å². The van der Waals surface area contributed by atoms with Crippen molar-refractivity contribution >= 4 is 17.8 Å². The van der Waals surface area contributed by atoms with Gasteiger partial charge in [-0.1, -0.05) is 42.0 Å². The molecule has 0 spiro atoms. The van der Waals surface area contributed by atoms with Crippen molar-refractivity contribution in [3.63, 3.8) is 0 Å². The molecule has 0 heterocycles. The van der Waals surface area contributed by atoms with Crippen LogP contribution in [0.1, 0.15) is 16.7 Å². The summed E-state index contributed by atoms with van der Waals surface area (Å²) in [4.78, 5) is 12.0. The number of anilines is 1. The van der Waals surface area contributed by atoms with E-state index in [1.165, 1.54) is 5.56 Å². The highest BCUT2D eigenvalue weighted by Gasteiger charge is 2.04. The van der Waals surface area contributed by atoms with Gasteiger partial charge in [-0.25, -0.2) is 5.43 Å². The zero-order chi connectivity index (χ0) is 21.2. The fraction of sp³-hybridized carbons (Fsp3) is 0.167. The van der Waals surface area contributed by atoms with Gasteiger partial charge in [-0.15, -0.1) is 0 Å². The highest BCUT2D eigenvalue weighted by atomic mass is 16.5. The number of hydrazone groups is 1. The van der Waals surface area contributed by atoms with Crippen LogP contribution in [0.3, 0.4) is 0 Å². The predicted octanol–water partition coefficient (Wildman–Crippen LogP) is 4.14. The number of carbonyl (C=O) groups is 1. The Morgan fingerprint density at radius 2 is 1.73 bits per heavy atom. The molecular formula is C24H25N3O3. The molecule has 0 aromatic heterocycles. The predicted molar refractivity (Wildman–Crippen MR) is 119 cm³/mol. The Morgan fingerprint density at radius 3 is 2.47 bits per heavy atom. The molecule has 0 saturated heterocycles. The maximum Gasteiger partial charge on any atom is 0.259 e. The van der Waals surface area contributed by atoms with E-state index in [0.29, 0.717) is 12.4 Å². The van der Waals surface area contributed by atoms with E-state index in [1.807, 2.05) is 48.5 Å². The lowest BCUT2D eigenvalue weighted by Gasteiger charge is -2.09. The molecule has 0 saturated carbocycles. The van der Waals surface area contributed by atoms with Gasteiger partial charge in [0.1, 0.15) is 18.1 Å². The lowest BCUT2D eigenvalue weighted by Crippen LogP contribution is -2.26. The normalized spacial score (nSPS) is 10.6. The number of nitrogens with one attached hydrogen (secondary N) is 2. The summed E-state index contributed by atoms with van der Waals surface area (Å²) in [5.74, 6) is 1.20. The fourth-order valence-corrected chi connectivity index (χ4v) is 2.69. The number of carbonyl (C=O) groups excluding carboxylic acids is 1. The van der Waals surface area contributed by atoms with Crippen molar-refractivity contribution in [2.75, 3.05) is 19.0 Å². The van der Waals surface area contributed by atoms with Crippen LogP contribution in [0.5, 0.6) is 11.5 Å². The number of hydrogen-bond donors (Lipinski definition) is 2. The minimum absolute atomic E-state index is 0.0868. The van der Waals surface area contributed by atoms with Crippen LogP contribution >= 0.6 is 0 Å². The molecule has 6 nitrogen and oxygen atoms in total. The zero-order valence-corrected chi connectivity index (χ0v) is 17.1. The molecule has 3 aromatic carbocycles. The zero-order valence-electron chi connectivity index (χ0n) is 17.1. The van der Waals surface area contributed by atoms with Gasteiger partial charge in [0.25, 0.3) is 5.91 Å². The molecular weight excluding hydrogens is 378 g/mol. The van der Waals surface area contributed by atoms with E-state index in [-0.39, 0.29) is 12.5 Å². The Bertz CT molecular complexity index is 983. The van der Waals surface area contributed by atoms with Crippen LogP contribution in [-0.4, -0.2) is 25.8 Å². The summed E-state index contributed by atoms with van der Waals surface area (Å²) in [6, 6.07) is 23.2. The molecule has 2 N–H and O–H groups in total. The smallest absolute Gasteiger partial charge is 0.259 e. The summed E-state index contributed by atoms with van der Waals surface area (Å²) < 4.78 is 11.0. The summed E-state index contributed by atoms with van der Waals surface area (Å²) in [6.07, 6.45) is 1.59. The Morgan fingerprint density at radius 1 is 1.00 bits per heavy atom. The summed E-state index contributed by atoms with van der Waals surface area (Å²) >= 11 is 0. The van der Waals surface area contributed by atoms with Gasteiger partial charge in [-0.3, -0.25) is 4.79 Å². The largest absolute Gasteiger partial charge is 0.495 e. The van der Waals surface area contributed by atoms with Gasteiger partial charge >= 0.3 is 0 Å². The monoisotopic (exact) mass is 403 g/mol. The summed E-state index contributed by atoms with van der Waals surface area (Å²) in [6.45, 7) is 2.66. The second-order valence-electron chi connectivity index (χ2n) is 6.69. The topological polar surface area (TPSA) is 72.0 Å². The Kier molecular flexibility index (Phi) is 7.44. The molecule has 0 fully saturated rings. The summed E-state index contributed by atoms with van der Waals surface area (Å²) in [5.41, 5.74) is 6.46. The molecule has 30 heavy (non-hydrogen) atoms. The maximum atomic E-state index is 12.0. The van der Waals surface area contributed by atoms with Crippen LogP contribution in [0, 0.1) is 6.92 Å². The highest BCUT2D eigenvalue weighted by molar-refractivity contribution is 5.84. The molecule has 0 aliphatic rings. The summed E-state index contributed by atoms with van der Waals surface area (Å²) in [7, 11) is 1.59. The van der Waals surface area contributed by atoms with Crippen molar-refractivity contribution < 1.29 is 14.3 Å². The van der Waals surface area contributed by atoms with Gasteiger partial charge in [0.15, 0.2) is 0 Å². The van der Waals surface area contributed by atoms with Crippen molar-refractivity contribution in [3.8, 4) is 11.5 Å². The number of rotatable bonds is 9. The molecule has 3 aromatic rings. The molecule has 154 valence electrons. The number of benzene rings is 3. The molecule has 0 aliphatic carbocycles. The molecule has 0 atom stereocenters. The van der Waals surface area contributed by atoms with E-state index in [4.69, 9.17) is 9.47 Å². The highest BCUT2D eigenvalue weighted by Crippen LogP contribution is 2.22. The maximum absolute atomic E-state index is 12.0. The first-order valence-corrected chi connectivity index (χ1v) is 9.61. The number of para-hydroxylation sites is 2. The first-order chi connectivity index (χ1) is 14.6. The van der Waals surface area contributed by atoms with E-state index in [2.05, 4.69) is 47.0 Å². The van der Waals surface area contributed by atoms with Crippen molar-refractivity contribution in [1.82, 2.24) is 5.43 Å². The van der Waals surface area contributed by atoms with Crippen LogP contribution in [0.2, 0.25) is 0 Å². The van der Waals surface area contributed by atoms with Crippen LogP contribution in [-0.2, 0) is 11.4 Å². The molecule has 0 radical (unpaired) electrons. The van der Waals surface area contributed by atoms with Crippen molar-refractivity contribution in [2.45, 2.75) is 13.5 Å². The lowest BCUT2D eigenvalue weighted by molar-refractivity contribution is -0.119. The van der Waals surface area contributed by atoms with Crippen LogP contribution in [0.25, 0.3) is 0 Å².